The quantitative estimate of drug-likeness (QED) is 0.324. The van der Waals surface area contributed by atoms with Crippen molar-refractivity contribution in [2.45, 2.75) is 117 Å². The number of rotatable bonds is 1. The van der Waals surface area contributed by atoms with Crippen LogP contribution in [0.15, 0.2) is 11.6 Å². The minimum atomic E-state index is -0.390. The van der Waals surface area contributed by atoms with Gasteiger partial charge in [-0.05, 0) is 91.8 Å². The number of allylic oxidation sites excluding steroid dienone is 1. The van der Waals surface area contributed by atoms with E-state index in [0.29, 0.717) is 23.7 Å². The Morgan fingerprint density at radius 1 is 1.06 bits per heavy atom. The van der Waals surface area contributed by atoms with Crippen LogP contribution in [0.3, 0.4) is 0 Å². The molecule has 2 heterocycles. The van der Waals surface area contributed by atoms with Gasteiger partial charge in [-0.25, -0.2) is 0 Å². The van der Waals surface area contributed by atoms with E-state index in [1.54, 1.807) is 12.5 Å². The third-order valence-corrected chi connectivity index (χ3v) is 12.4. The van der Waals surface area contributed by atoms with Crippen LogP contribution in [0.1, 0.15) is 99.3 Å². The molecule has 5 fully saturated rings. The zero-order chi connectivity index (χ0) is 25.6. The van der Waals surface area contributed by atoms with Gasteiger partial charge < -0.3 is 14.4 Å². The lowest BCUT2D eigenvalue weighted by Gasteiger charge is -2.59. The van der Waals surface area contributed by atoms with Crippen LogP contribution in [-0.4, -0.2) is 41.3 Å². The molecular formula is C31H47NO4. The summed E-state index contributed by atoms with van der Waals surface area (Å²) in [6.07, 6.45) is 13.0. The molecular weight excluding hydrogens is 450 g/mol. The van der Waals surface area contributed by atoms with E-state index in [1.807, 2.05) is 0 Å². The lowest BCUT2D eigenvalue weighted by Crippen LogP contribution is -2.60. The van der Waals surface area contributed by atoms with Gasteiger partial charge in [0.2, 0.25) is 5.91 Å². The minimum absolute atomic E-state index is 0.0611. The number of amides is 1. The zero-order valence-electron chi connectivity index (χ0n) is 23.3. The summed E-state index contributed by atoms with van der Waals surface area (Å²) < 4.78 is 12.7. The second-order valence-electron chi connectivity index (χ2n) is 14.1. The smallest absolute Gasteiger partial charge is 0.302 e. The monoisotopic (exact) mass is 497 g/mol. The van der Waals surface area contributed by atoms with Crippen molar-refractivity contribution < 1.29 is 19.1 Å². The van der Waals surface area contributed by atoms with E-state index in [9.17, 15) is 9.59 Å². The highest BCUT2D eigenvalue weighted by molar-refractivity contribution is 5.74. The first kappa shape index (κ1) is 24.9. The fourth-order valence-corrected chi connectivity index (χ4v) is 10.8. The Kier molecular flexibility index (Phi) is 5.76. The number of piperidine rings is 1. The molecule has 6 rings (SSSR count). The molecule has 200 valence electrons. The fraction of sp³-hybridized carbons (Fsp3) is 0.871. The van der Waals surface area contributed by atoms with Gasteiger partial charge in [0.15, 0.2) is 0 Å². The number of hydrogen-bond acceptors (Lipinski definition) is 4. The molecule has 5 nitrogen and oxygen atoms in total. The predicted molar refractivity (Wildman–Crippen MR) is 139 cm³/mol. The van der Waals surface area contributed by atoms with E-state index >= 15 is 0 Å². The average molecular weight is 498 g/mol. The molecule has 0 bridgehead atoms. The molecule has 2 saturated heterocycles. The second-order valence-corrected chi connectivity index (χ2v) is 14.1. The topological polar surface area (TPSA) is 55.8 Å². The van der Waals surface area contributed by atoms with Crippen molar-refractivity contribution in [1.29, 1.82) is 0 Å². The molecule has 36 heavy (non-hydrogen) atoms. The number of carbonyl (C=O) groups excluding carboxylic acids is 2. The Morgan fingerprint density at radius 2 is 1.83 bits per heavy atom. The summed E-state index contributed by atoms with van der Waals surface area (Å²) in [5, 5.41) is 0. The maximum Gasteiger partial charge on any atom is 0.302 e. The molecule has 0 aromatic carbocycles. The minimum Gasteiger partial charge on any atom is -0.462 e. The van der Waals surface area contributed by atoms with Gasteiger partial charge in [-0.2, -0.15) is 0 Å². The lowest BCUT2D eigenvalue weighted by atomic mass is 9.46. The SMILES string of the molecule is CC(=O)O[C@H]1CC[C@@]2(C)C(=CC[C@@H]3C2CC[C@]2(C)[C@@H]4[C@H](C[C@@H]32)O[C@]2(CC[C@@H](C)CN2C(C)=O)[C@H]4C)C1. The van der Waals surface area contributed by atoms with Gasteiger partial charge in [-0.3, -0.25) is 9.59 Å². The molecule has 1 amide bonds. The first-order valence-electron chi connectivity index (χ1n) is 14.8. The molecule has 0 radical (unpaired) electrons. The summed E-state index contributed by atoms with van der Waals surface area (Å²) in [6, 6.07) is 0. The summed E-state index contributed by atoms with van der Waals surface area (Å²) in [6.45, 7) is 13.9. The number of fused-ring (bicyclic) bond motifs is 7. The van der Waals surface area contributed by atoms with Gasteiger partial charge in [0.05, 0.1) is 6.10 Å². The van der Waals surface area contributed by atoms with Crippen LogP contribution in [0.2, 0.25) is 0 Å². The Bertz CT molecular complexity index is 976. The van der Waals surface area contributed by atoms with Crippen molar-refractivity contribution >= 4 is 11.9 Å². The molecule has 2 aliphatic heterocycles. The summed E-state index contributed by atoms with van der Waals surface area (Å²) >= 11 is 0. The largest absolute Gasteiger partial charge is 0.462 e. The van der Waals surface area contributed by atoms with Crippen LogP contribution < -0.4 is 0 Å². The highest BCUT2D eigenvalue weighted by Gasteiger charge is 2.69. The van der Waals surface area contributed by atoms with E-state index in [2.05, 4.69) is 38.7 Å². The summed E-state index contributed by atoms with van der Waals surface area (Å²) in [4.78, 5) is 26.5. The Balaban J connectivity index is 1.26. The van der Waals surface area contributed by atoms with E-state index in [1.165, 1.54) is 26.2 Å². The summed E-state index contributed by atoms with van der Waals surface area (Å²) in [5.41, 5.74) is 1.70. The highest BCUT2D eigenvalue weighted by Crippen LogP contribution is 2.70. The van der Waals surface area contributed by atoms with Gasteiger partial charge in [0, 0.05) is 32.7 Å². The van der Waals surface area contributed by atoms with Crippen molar-refractivity contribution in [1.82, 2.24) is 4.90 Å². The van der Waals surface area contributed by atoms with Gasteiger partial charge in [-0.15, -0.1) is 0 Å². The third kappa shape index (κ3) is 3.36. The maximum atomic E-state index is 12.8. The van der Waals surface area contributed by atoms with Crippen molar-refractivity contribution in [2.24, 2.45) is 46.3 Å². The summed E-state index contributed by atoms with van der Waals surface area (Å²) in [5.74, 6) is 3.64. The number of carbonyl (C=O) groups is 2. The second kappa shape index (κ2) is 8.32. The van der Waals surface area contributed by atoms with Crippen LogP contribution in [0.5, 0.6) is 0 Å². The van der Waals surface area contributed by atoms with Gasteiger partial charge >= 0.3 is 5.97 Å². The molecule has 0 N–H and O–H groups in total. The molecule has 0 aromatic rings. The van der Waals surface area contributed by atoms with E-state index < -0.39 is 0 Å². The highest BCUT2D eigenvalue weighted by atomic mass is 16.5. The average Bonchev–Trinajstić information content (AvgIpc) is 3.26. The Labute approximate surface area is 217 Å². The molecule has 4 aliphatic carbocycles. The van der Waals surface area contributed by atoms with E-state index in [0.717, 1.165) is 56.9 Å². The normalized spacial score (nSPS) is 51.6. The molecule has 6 aliphatic rings. The number of likely N-dealkylation sites (tertiary alicyclic amines) is 1. The van der Waals surface area contributed by atoms with Gasteiger partial charge in [0.25, 0.3) is 0 Å². The van der Waals surface area contributed by atoms with Crippen molar-refractivity contribution in [2.75, 3.05) is 6.54 Å². The number of esters is 1. The standard InChI is InChI=1S/C31H47NO4/c1-18-9-14-31(32(17-18)20(3)33)19(2)28-27(36-31)16-26-24-8-7-22-15-23(35-21(4)34)10-12-29(22,5)25(24)11-13-30(26,28)6/h7,18-19,23-28H,8-17H2,1-6H3/t18-,19+,23+,24-,25?,26+,27+,28+,29+,30+,31-/m1/s1. The van der Waals surface area contributed by atoms with Crippen molar-refractivity contribution in [3.05, 3.63) is 11.6 Å². The summed E-state index contributed by atoms with van der Waals surface area (Å²) in [7, 11) is 0. The molecule has 11 atom stereocenters. The lowest BCUT2D eigenvalue weighted by molar-refractivity contribution is -0.200. The number of ether oxygens (including phenoxy) is 2. The van der Waals surface area contributed by atoms with Crippen LogP contribution in [0.25, 0.3) is 0 Å². The van der Waals surface area contributed by atoms with Gasteiger partial charge in [0.1, 0.15) is 11.8 Å². The molecule has 5 heteroatoms. The van der Waals surface area contributed by atoms with E-state index in [-0.39, 0.29) is 40.6 Å². The molecule has 1 spiro atoms. The maximum absolute atomic E-state index is 12.8. The fourth-order valence-electron chi connectivity index (χ4n) is 10.8. The van der Waals surface area contributed by atoms with Crippen LogP contribution in [0.4, 0.5) is 0 Å². The van der Waals surface area contributed by atoms with Crippen LogP contribution in [0, 0.1) is 46.3 Å². The van der Waals surface area contributed by atoms with E-state index in [4.69, 9.17) is 9.47 Å². The van der Waals surface area contributed by atoms with Crippen LogP contribution >= 0.6 is 0 Å². The Morgan fingerprint density at radius 3 is 2.56 bits per heavy atom. The first-order chi connectivity index (χ1) is 17.0. The molecule has 1 unspecified atom stereocenters. The zero-order valence-corrected chi connectivity index (χ0v) is 23.3. The predicted octanol–water partition coefficient (Wildman–Crippen LogP) is 6.12. The van der Waals surface area contributed by atoms with Crippen molar-refractivity contribution in [3.8, 4) is 0 Å². The Hall–Kier alpha value is -1.36. The van der Waals surface area contributed by atoms with Crippen LogP contribution in [-0.2, 0) is 19.1 Å². The molecule has 3 saturated carbocycles. The first-order valence-corrected chi connectivity index (χ1v) is 14.8. The third-order valence-electron chi connectivity index (χ3n) is 12.4. The number of nitrogens with zero attached hydrogens (tertiary/aromatic N) is 1. The number of hydrogen-bond donors (Lipinski definition) is 0. The van der Waals surface area contributed by atoms with Gasteiger partial charge in [-0.1, -0.05) is 39.3 Å². The van der Waals surface area contributed by atoms with Crippen molar-refractivity contribution in [3.63, 3.8) is 0 Å². The molecule has 0 aromatic heterocycles.